The Morgan fingerprint density at radius 1 is 1.15 bits per heavy atom. The summed E-state index contributed by atoms with van der Waals surface area (Å²) < 4.78 is 15.2. The van der Waals surface area contributed by atoms with Crippen molar-refractivity contribution < 1.29 is 19.1 Å². The minimum Gasteiger partial charge on any atom is -0.494 e. The highest BCUT2D eigenvalue weighted by Gasteiger charge is 2.22. The maximum absolute atomic E-state index is 11.7. The molecule has 1 heterocycles. The van der Waals surface area contributed by atoms with Gasteiger partial charge in [-0.1, -0.05) is 18.2 Å². The normalized spacial score (nSPS) is 10.2. The number of aromatic nitrogens is 1. The fourth-order valence-electron chi connectivity index (χ4n) is 1.97. The third-order valence-electron chi connectivity index (χ3n) is 3.32. The number of primary amides is 1. The molecule has 2 aromatic rings. The zero-order chi connectivity index (χ0) is 18.9. The number of urea groups is 1. The number of nitrogens with two attached hydrogens (primary N) is 1. The monoisotopic (exact) mass is 378 g/mol. The summed E-state index contributed by atoms with van der Waals surface area (Å²) in [4.78, 5) is 24.7. The molecule has 0 aliphatic rings. The standard InChI is InChI=1S/C17H22N4O4S/c1-21(2)17(23)19-16-13(14(18)22)15(20-26-16)25-11-7-6-10-24-12-8-4-3-5-9-12/h3-5,8-9H,6-7,10-11H2,1-2H3,(H2,18,22)(H,19,23). The summed E-state index contributed by atoms with van der Waals surface area (Å²) >= 11 is 0.957. The number of rotatable bonds is 9. The van der Waals surface area contributed by atoms with Crippen molar-refractivity contribution in [3.05, 3.63) is 35.9 Å². The van der Waals surface area contributed by atoms with E-state index < -0.39 is 5.91 Å². The van der Waals surface area contributed by atoms with Crippen LogP contribution in [-0.4, -0.2) is 48.5 Å². The Morgan fingerprint density at radius 3 is 2.42 bits per heavy atom. The smallest absolute Gasteiger partial charge is 0.321 e. The van der Waals surface area contributed by atoms with Crippen LogP contribution in [0, 0.1) is 0 Å². The minimum absolute atomic E-state index is 0.0886. The van der Waals surface area contributed by atoms with E-state index in [-0.39, 0.29) is 22.5 Å². The Morgan fingerprint density at radius 2 is 1.81 bits per heavy atom. The summed E-state index contributed by atoms with van der Waals surface area (Å²) in [7, 11) is 3.18. The van der Waals surface area contributed by atoms with E-state index in [0.29, 0.717) is 13.2 Å². The molecular weight excluding hydrogens is 356 g/mol. The third kappa shape index (κ3) is 5.62. The maximum atomic E-state index is 11.7. The van der Waals surface area contributed by atoms with Crippen LogP contribution < -0.4 is 20.5 Å². The van der Waals surface area contributed by atoms with E-state index in [1.54, 1.807) is 14.1 Å². The van der Waals surface area contributed by atoms with E-state index in [4.69, 9.17) is 15.2 Å². The van der Waals surface area contributed by atoms with Crippen LogP contribution >= 0.6 is 11.5 Å². The molecule has 0 bridgehead atoms. The first-order valence-electron chi connectivity index (χ1n) is 8.07. The largest absolute Gasteiger partial charge is 0.494 e. The van der Waals surface area contributed by atoms with Crippen molar-refractivity contribution in [2.24, 2.45) is 5.73 Å². The van der Waals surface area contributed by atoms with Crippen molar-refractivity contribution in [1.29, 1.82) is 0 Å². The summed E-state index contributed by atoms with van der Waals surface area (Å²) in [6.45, 7) is 0.931. The molecule has 140 valence electrons. The number of amides is 3. The van der Waals surface area contributed by atoms with Gasteiger partial charge in [-0.15, -0.1) is 0 Å². The van der Waals surface area contributed by atoms with Crippen LogP contribution in [0.1, 0.15) is 23.2 Å². The molecule has 0 aliphatic carbocycles. The molecule has 0 spiro atoms. The molecular formula is C17H22N4O4S. The molecule has 2 rings (SSSR count). The second-order valence-electron chi connectivity index (χ2n) is 5.60. The predicted octanol–water partition coefficient (Wildman–Crippen LogP) is 2.57. The van der Waals surface area contributed by atoms with Gasteiger partial charge >= 0.3 is 6.03 Å². The topological polar surface area (TPSA) is 107 Å². The number of nitrogens with one attached hydrogen (secondary N) is 1. The number of unbranched alkanes of at least 4 members (excludes halogenated alkanes) is 1. The fourth-order valence-corrected chi connectivity index (χ4v) is 2.70. The number of para-hydroxylation sites is 1. The molecule has 1 aromatic heterocycles. The van der Waals surface area contributed by atoms with Crippen LogP contribution in [0.4, 0.5) is 9.80 Å². The summed E-state index contributed by atoms with van der Waals surface area (Å²) in [6.07, 6.45) is 1.51. The second-order valence-corrected chi connectivity index (χ2v) is 6.37. The van der Waals surface area contributed by atoms with Gasteiger partial charge in [0.15, 0.2) is 0 Å². The zero-order valence-electron chi connectivity index (χ0n) is 14.7. The predicted molar refractivity (Wildman–Crippen MR) is 100 cm³/mol. The van der Waals surface area contributed by atoms with E-state index in [9.17, 15) is 9.59 Å². The van der Waals surface area contributed by atoms with Crippen LogP contribution in [0.15, 0.2) is 30.3 Å². The first-order chi connectivity index (χ1) is 12.5. The number of hydrogen-bond acceptors (Lipinski definition) is 6. The number of ether oxygens (including phenoxy) is 2. The molecule has 1 aromatic carbocycles. The molecule has 26 heavy (non-hydrogen) atoms. The molecule has 8 nitrogen and oxygen atoms in total. The van der Waals surface area contributed by atoms with E-state index in [1.165, 1.54) is 4.90 Å². The highest BCUT2D eigenvalue weighted by atomic mass is 32.1. The Hall–Kier alpha value is -2.81. The highest BCUT2D eigenvalue weighted by Crippen LogP contribution is 2.30. The van der Waals surface area contributed by atoms with Gasteiger partial charge in [0.1, 0.15) is 16.3 Å². The van der Waals surface area contributed by atoms with Crippen molar-refractivity contribution >= 4 is 28.5 Å². The number of hydrogen-bond donors (Lipinski definition) is 2. The minimum atomic E-state index is -0.699. The Bertz CT molecular complexity index is 734. The van der Waals surface area contributed by atoms with E-state index >= 15 is 0 Å². The lowest BCUT2D eigenvalue weighted by Gasteiger charge is -2.11. The van der Waals surface area contributed by atoms with Gasteiger partial charge in [-0.3, -0.25) is 10.1 Å². The van der Waals surface area contributed by atoms with Crippen LogP contribution in [0.25, 0.3) is 0 Å². The van der Waals surface area contributed by atoms with Crippen molar-refractivity contribution in [2.75, 3.05) is 32.6 Å². The molecule has 3 N–H and O–H groups in total. The lowest BCUT2D eigenvalue weighted by Crippen LogP contribution is -2.28. The van der Waals surface area contributed by atoms with Gasteiger partial charge in [0.25, 0.3) is 5.91 Å². The number of carbonyl (C=O) groups is 2. The maximum Gasteiger partial charge on any atom is 0.321 e. The fraction of sp³-hybridized carbons (Fsp3) is 0.353. The third-order valence-corrected chi connectivity index (χ3v) is 4.07. The van der Waals surface area contributed by atoms with Crippen molar-refractivity contribution in [1.82, 2.24) is 9.27 Å². The zero-order valence-corrected chi connectivity index (χ0v) is 15.5. The number of anilines is 1. The Labute approximate surface area is 156 Å². The van der Waals surface area contributed by atoms with Gasteiger partial charge in [-0.2, -0.15) is 4.37 Å². The summed E-state index contributed by atoms with van der Waals surface area (Å²) in [5, 5.41) is 2.86. The summed E-state index contributed by atoms with van der Waals surface area (Å²) in [5.74, 6) is 0.265. The SMILES string of the molecule is CN(C)C(=O)Nc1snc(OCCCCOc2ccccc2)c1C(N)=O. The average molecular weight is 378 g/mol. The first kappa shape index (κ1) is 19.5. The van der Waals surface area contributed by atoms with Gasteiger partial charge < -0.3 is 20.1 Å². The molecule has 0 radical (unpaired) electrons. The molecule has 9 heteroatoms. The van der Waals surface area contributed by atoms with Gasteiger partial charge in [0.05, 0.1) is 13.2 Å². The van der Waals surface area contributed by atoms with Gasteiger partial charge in [-0.25, -0.2) is 4.79 Å². The van der Waals surface area contributed by atoms with Crippen molar-refractivity contribution in [3.8, 4) is 11.6 Å². The summed E-state index contributed by atoms with van der Waals surface area (Å²) in [5.41, 5.74) is 5.48. The highest BCUT2D eigenvalue weighted by molar-refractivity contribution is 7.11. The van der Waals surface area contributed by atoms with Gasteiger partial charge in [-0.05, 0) is 36.5 Å². The van der Waals surface area contributed by atoms with Crippen LogP contribution in [-0.2, 0) is 0 Å². The Kier molecular flexibility index (Phi) is 7.22. The second kappa shape index (κ2) is 9.62. The van der Waals surface area contributed by atoms with Gasteiger partial charge in [0.2, 0.25) is 5.88 Å². The van der Waals surface area contributed by atoms with Crippen molar-refractivity contribution in [3.63, 3.8) is 0 Å². The lowest BCUT2D eigenvalue weighted by molar-refractivity contribution is 0.0997. The number of benzene rings is 1. The van der Waals surface area contributed by atoms with Gasteiger partial charge in [0, 0.05) is 14.1 Å². The quantitative estimate of drug-likeness (QED) is 0.652. The molecule has 0 unspecified atom stereocenters. The summed E-state index contributed by atoms with van der Waals surface area (Å²) in [6, 6.07) is 9.18. The van der Waals surface area contributed by atoms with Crippen LogP contribution in [0.3, 0.4) is 0 Å². The molecule has 0 aliphatic heterocycles. The molecule has 0 saturated heterocycles. The van der Waals surface area contributed by atoms with Crippen molar-refractivity contribution in [2.45, 2.75) is 12.8 Å². The number of nitrogens with zero attached hydrogens (tertiary/aromatic N) is 2. The number of carbonyl (C=O) groups excluding carboxylic acids is 2. The van der Waals surface area contributed by atoms with E-state index in [1.807, 2.05) is 30.3 Å². The van der Waals surface area contributed by atoms with Crippen LogP contribution in [0.5, 0.6) is 11.6 Å². The Balaban J connectivity index is 1.80. The molecule has 0 saturated carbocycles. The molecule has 0 atom stereocenters. The average Bonchev–Trinajstić information content (AvgIpc) is 3.01. The molecule has 3 amide bonds. The van der Waals surface area contributed by atoms with Crippen LogP contribution in [0.2, 0.25) is 0 Å². The molecule has 0 fully saturated rings. The van der Waals surface area contributed by atoms with E-state index in [0.717, 1.165) is 30.1 Å². The first-order valence-corrected chi connectivity index (χ1v) is 8.84. The lowest BCUT2D eigenvalue weighted by atomic mass is 10.3. The van der Waals surface area contributed by atoms with E-state index in [2.05, 4.69) is 9.69 Å².